The lowest BCUT2D eigenvalue weighted by molar-refractivity contribution is -0.140. The van der Waals surface area contributed by atoms with Crippen LogP contribution in [0.5, 0.6) is 5.75 Å². The van der Waals surface area contributed by atoms with Crippen LogP contribution in [0.1, 0.15) is 48.0 Å². The molecule has 0 spiro atoms. The lowest BCUT2D eigenvalue weighted by Crippen LogP contribution is -2.43. The maximum Gasteiger partial charge on any atom is 0.256 e. The van der Waals surface area contributed by atoms with Crippen molar-refractivity contribution in [1.29, 1.82) is 0 Å². The van der Waals surface area contributed by atoms with Gasteiger partial charge in [0.05, 0.1) is 6.61 Å². The van der Waals surface area contributed by atoms with Crippen LogP contribution in [0.4, 0.5) is 5.69 Å². The van der Waals surface area contributed by atoms with Crippen molar-refractivity contribution in [1.82, 2.24) is 0 Å². The monoisotopic (exact) mass is 321 g/mol. The average Bonchev–Trinajstić information content (AvgIpc) is 2.45. The highest BCUT2D eigenvalue weighted by atomic mass is 16.5. The number of benzene rings is 1. The van der Waals surface area contributed by atoms with Gasteiger partial charge in [-0.1, -0.05) is 27.7 Å². The molecular formula is C19H31NO3. The normalized spacial score (nSPS) is 13.9. The zero-order chi connectivity index (χ0) is 17.5. The summed E-state index contributed by atoms with van der Waals surface area (Å²) in [6.45, 7) is 13.4. The Labute approximate surface area is 140 Å². The van der Waals surface area contributed by atoms with Crippen LogP contribution >= 0.6 is 0 Å². The lowest BCUT2D eigenvalue weighted by atomic mass is 9.93. The van der Waals surface area contributed by atoms with Gasteiger partial charge in [0, 0.05) is 12.3 Å². The molecule has 0 radical (unpaired) electrons. The topological polar surface area (TPSA) is 47.6 Å². The SMILES string of the molecule is CCO[C@@](C)(CC(C)C)C(=O)Nc1ccc(OCC(C)C)cc1. The molecular weight excluding hydrogens is 290 g/mol. The van der Waals surface area contributed by atoms with Crippen LogP contribution in [0.2, 0.25) is 0 Å². The van der Waals surface area contributed by atoms with Crippen LogP contribution in [-0.4, -0.2) is 24.7 Å². The fraction of sp³-hybridized carbons (Fsp3) is 0.632. The van der Waals surface area contributed by atoms with E-state index in [0.717, 1.165) is 11.4 Å². The molecule has 1 aromatic rings. The quantitative estimate of drug-likeness (QED) is 0.728. The molecule has 0 heterocycles. The Morgan fingerprint density at radius 3 is 2.22 bits per heavy atom. The number of amides is 1. The maximum atomic E-state index is 12.6. The second-order valence-corrected chi connectivity index (χ2v) is 6.95. The molecule has 0 bridgehead atoms. The zero-order valence-corrected chi connectivity index (χ0v) is 15.3. The first kappa shape index (κ1) is 19.5. The van der Waals surface area contributed by atoms with Crippen molar-refractivity contribution in [3.05, 3.63) is 24.3 Å². The second-order valence-electron chi connectivity index (χ2n) is 6.95. The number of hydrogen-bond acceptors (Lipinski definition) is 3. The van der Waals surface area contributed by atoms with Crippen molar-refractivity contribution in [2.24, 2.45) is 11.8 Å². The van der Waals surface area contributed by atoms with Crippen LogP contribution in [0, 0.1) is 11.8 Å². The number of nitrogens with one attached hydrogen (secondary N) is 1. The highest BCUT2D eigenvalue weighted by molar-refractivity contribution is 5.97. The van der Waals surface area contributed by atoms with Gasteiger partial charge in [-0.2, -0.15) is 0 Å². The predicted octanol–water partition coefficient (Wildman–Crippen LogP) is 4.50. The van der Waals surface area contributed by atoms with E-state index in [1.807, 2.05) is 38.1 Å². The minimum atomic E-state index is -0.810. The molecule has 23 heavy (non-hydrogen) atoms. The van der Waals surface area contributed by atoms with Crippen LogP contribution in [-0.2, 0) is 9.53 Å². The van der Waals surface area contributed by atoms with Gasteiger partial charge in [0.2, 0.25) is 0 Å². The van der Waals surface area contributed by atoms with E-state index >= 15 is 0 Å². The number of ether oxygens (including phenoxy) is 2. The van der Waals surface area contributed by atoms with E-state index in [2.05, 4.69) is 33.0 Å². The zero-order valence-electron chi connectivity index (χ0n) is 15.3. The molecule has 1 aromatic carbocycles. The summed E-state index contributed by atoms with van der Waals surface area (Å²) in [6.07, 6.45) is 0.683. The number of carbonyl (C=O) groups excluding carboxylic acids is 1. The predicted molar refractivity (Wildman–Crippen MR) is 94.9 cm³/mol. The van der Waals surface area contributed by atoms with Crippen molar-refractivity contribution >= 4 is 11.6 Å². The fourth-order valence-electron chi connectivity index (χ4n) is 2.48. The summed E-state index contributed by atoms with van der Waals surface area (Å²) >= 11 is 0. The number of hydrogen-bond donors (Lipinski definition) is 1. The van der Waals surface area contributed by atoms with Crippen molar-refractivity contribution in [3.8, 4) is 5.75 Å². The minimum Gasteiger partial charge on any atom is -0.493 e. The molecule has 0 unspecified atom stereocenters. The van der Waals surface area contributed by atoms with Gasteiger partial charge in [0.15, 0.2) is 0 Å². The van der Waals surface area contributed by atoms with Crippen molar-refractivity contribution < 1.29 is 14.3 Å². The van der Waals surface area contributed by atoms with Gasteiger partial charge in [-0.3, -0.25) is 4.79 Å². The van der Waals surface area contributed by atoms with Crippen LogP contribution < -0.4 is 10.1 Å². The van der Waals surface area contributed by atoms with Gasteiger partial charge in [0.1, 0.15) is 11.4 Å². The van der Waals surface area contributed by atoms with E-state index in [1.165, 1.54) is 0 Å². The molecule has 1 amide bonds. The summed E-state index contributed by atoms with van der Waals surface area (Å²) in [5.74, 6) is 1.57. The van der Waals surface area contributed by atoms with Gasteiger partial charge in [-0.05, 0) is 56.4 Å². The lowest BCUT2D eigenvalue weighted by Gasteiger charge is -2.29. The summed E-state index contributed by atoms with van der Waals surface area (Å²) in [4.78, 5) is 12.6. The highest BCUT2D eigenvalue weighted by Gasteiger charge is 2.34. The van der Waals surface area contributed by atoms with Crippen LogP contribution in [0.3, 0.4) is 0 Å². The van der Waals surface area contributed by atoms with Gasteiger partial charge < -0.3 is 14.8 Å². The third kappa shape index (κ3) is 6.61. The molecule has 1 rings (SSSR count). The number of carbonyl (C=O) groups is 1. The summed E-state index contributed by atoms with van der Waals surface area (Å²) in [5, 5.41) is 2.95. The first-order chi connectivity index (χ1) is 10.8. The van der Waals surface area contributed by atoms with E-state index in [4.69, 9.17) is 9.47 Å². The van der Waals surface area contributed by atoms with E-state index in [0.29, 0.717) is 31.5 Å². The Balaban J connectivity index is 2.71. The van der Waals surface area contributed by atoms with Crippen LogP contribution in [0.25, 0.3) is 0 Å². The molecule has 1 N–H and O–H groups in total. The second kappa shape index (κ2) is 8.92. The Bertz CT molecular complexity index is 482. The molecule has 4 nitrogen and oxygen atoms in total. The van der Waals surface area contributed by atoms with Crippen molar-refractivity contribution in [3.63, 3.8) is 0 Å². The van der Waals surface area contributed by atoms with Gasteiger partial charge in [0.25, 0.3) is 5.91 Å². The van der Waals surface area contributed by atoms with Gasteiger partial charge in [-0.25, -0.2) is 0 Å². The van der Waals surface area contributed by atoms with Crippen molar-refractivity contribution in [2.75, 3.05) is 18.5 Å². The van der Waals surface area contributed by atoms with Crippen LogP contribution in [0.15, 0.2) is 24.3 Å². The first-order valence-corrected chi connectivity index (χ1v) is 8.45. The van der Waals surface area contributed by atoms with E-state index < -0.39 is 5.60 Å². The summed E-state index contributed by atoms with van der Waals surface area (Å²) < 4.78 is 11.4. The van der Waals surface area contributed by atoms with E-state index in [9.17, 15) is 4.79 Å². The molecule has 130 valence electrons. The summed E-state index contributed by atoms with van der Waals surface area (Å²) in [7, 11) is 0. The van der Waals surface area contributed by atoms with E-state index in [-0.39, 0.29) is 5.91 Å². The number of rotatable bonds is 9. The highest BCUT2D eigenvalue weighted by Crippen LogP contribution is 2.24. The molecule has 1 atom stereocenters. The average molecular weight is 321 g/mol. The molecule has 0 saturated carbocycles. The standard InChI is InChI=1S/C19H31NO3/c1-7-23-19(6,12-14(2)3)18(21)20-16-8-10-17(11-9-16)22-13-15(4)5/h8-11,14-15H,7,12-13H2,1-6H3,(H,20,21)/t19-/m0/s1. The third-order valence-corrected chi connectivity index (χ3v) is 3.44. The van der Waals surface area contributed by atoms with E-state index in [1.54, 1.807) is 0 Å². The Kier molecular flexibility index (Phi) is 7.56. The Morgan fingerprint density at radius 1 is 1.13 bits per heavy atom. The van der Waals surface area contributed by atoms with Gasteiger partial charge in [-0.15, -0.1) is 0 Å². The minimum absolute atomic E-state index is 0.108. The maximum absolute atomic E-state index is 12.6. The molecule has 0 aliphatic rings. The molecule has 0 saturated heterocycles. The number of anilines is 1. The molecule has 0 aliphatic heterocycles. The van der Waals surface area contributed by atoms with Crippen molar-refractivity contribution in [2.45, 2.75) is 53.6 Å². The molecule has 0 fully saturated rings. The smallest absolute Gasteiger partial charge is 0.256 e. The fourth-order valence-corrected chi connectivity index (χ4v) is 2.48. The molecule has 4 heteroatoms. The largest absolute Gasteiger partial charge is 0.493 e. The molecule has 0 aromatic heterocycles. The third-order valence-electron chi connectivity index (χ3n) is 3.44. The first-order valence-electron chi connectivity index (χ1n) is 8.45. The Morgan fingerprint density at radius 2 is 1.74 bits per heavy atom. The van der Waals surface area contributed by atoms with Gasteiger partial charge >= 0.3 is 0 Å². The summed E-state index contributed by atoms with van der Waals surface area (Å²) in [5.41, 5.74) is -0.0583. The Hall–Kier alpha value is -1.55. The molecule has 0 aliphatic carbocycles. The summed E-state index contributed by atoms with van der Waals surface area (Å²) in [6, 6.07) is 7.46.